The van der Waals surface area contributed by atoms with Crippen LogP contribution in [-0.4, -0.2) is 39.1 Å². The second-order valence-corrected chi connectivity index (χ2v) is 24.9. The van der Waals surface area contributed by atoms with E-state index in [1.165, 1.54) is 12.1 Å². The molecule has 0 spiro atoms. The largest absolute Gasteiger partial charge is 0.336 e. The Morgan fingerprint density at radius 3 is 0.517 bits per heavy atom. The predicted octanol–water partition coefficient (Wildman–Crippen LogP) is 12.7. The first kappa shape index (κ1) is 55.8. The van der Waals surface area contributed by atoms with Gasteiger partial charge in [-0.1, -0.05) is 170 Å². The van der Waals surface area contributed by atoms with Crippen molar-refractivity contribution in [3.05, 3.63) is 34.4 Å². The third-order valence-corrected chi connectivity index (χ3v) is 20.2. The van der Waals surface area contributed by atoms with Gasteiger partial charge in [0.2, 0.25) is 0 Å². The molecule has 8 N–H and O–H groups in total. The Morgan fingerprint density at radius 2 is 0.431 bits per heavy atom. The first-order valence-corrected chi connectivity index (χ1v) is 28.8. The van der Waals surface area contributed by atoms with Gasteiger partial charge in [0.25, 0.3) is 0 Å². The molecule has 0 bridgehead atoms. The molecule has 0 radical (unpaired) electrons. The number of hydrogen-bond donors (Lipinski definition) is 8. The molecule has 1 aromatic carbocycles. The summed E-state index contributed by atoms with van der Waals surface area (Å²) < 4.78 is 57.9. The third-order valence-electron chi connectivity index (χ3n) is 12.9. The first-order valence-electron chi connectivity index (χ1n) is 22.4. The molecule has 0 aliphatic rings. The van der Waals surface area contributed by atoms with Crippen molar-refractivity contribution in [2.75, 3.05) is 0 Å². The maximum atomic E-state index is 14.5. The smallest absolute Gasteiger partial charge is 0.324 e. The third kappa shape index (κ3) is 12.5. The summed E-state index contributed by atoms with van der Waals surface area (Å²) in [7, 11) is -21.1. The zero-order chi connectivity index (χ0) is 44.7. The van der Waals surface area contributed by atoms with Crippen LogP contribution in [0.15, 0.2) is 12.1 Å². The lowest BCUT2D eigenvalue weighted by molar-refractivity contribution is 0.277. The second kappa shape index (κ2) is 24.0. The molecular weight excluding hydrogens is 820 g/mol. The van der Waals surface area contributed by atoms with Crippen LogP contribution >= 0.6 is 30.4 Å². The highest BCUT2D eigenvalue weighted by molar-refractivity contribution is 7.54. The fraction of sp³-hybridized carbons (Fsp3) is 0.857. The van der Waals surface area contributed by atoms with Crippen LogP contribution < -0.4 is 0 Å². The molecule has 342 valence electrons. The van der Waals surface area contributed by atoms with Gasteiger partial charge in [-0.2, -0.15) is 0 Å². The molecule has 0 aliphatic carbocycles. The molecule has 1 rings (SSSR count). The molecule has 12 nitrogen and oxygen atoms in total. The Hall–Kier alpha value is -0.180. The van der Waals surface area contributed by atoms with Gasteiger partial charge in [0, 0.05) is 0 Å². The highest BCUT2D eigenvalue weighted by atomic mass is 31.2. The fourth-order valence-electron chi connectivity index (χ4n) is 9.26. The van der Waals surface area contributed by atoms with Gasteiger partial charge in [0.05, 0.1) is 20.6 Å². The molecule has 0 fully saturated rings. The monoisotopic (exact) mass is 902 g/mol. The molecule has 0 atom stereocenters. The highest BCUT2D eigenvalue weighted by Crippen LogP contribution is 2.73. The van der Waals surface area contributed by atoms with Gasteiger partial charge < -0.3 is 39.1 Å². The Bertz CT molecular complexity index is 1320. The van der Waals surface area contributed by atoms with E-state index in [1.54, 1.807) is 0 Å². The molecule has 0 amide bonds. The number of benzene rings is 1. The Labute approximate surface area is 351 Å². The van der Waals surface area contributed by atoms with Gasteiger partial charge in [0.1, 0.15) is 0 Å². The Balaban J connectivity index is 5.55. The van der Waals surface area contributed by atoms with E-state index < -0.39 is 51.0 Å². The van der Waals surface area contributed by atoms with E-state index in [0.717, 1.165) is 0 Å². The fourth-order valence-corrected chi connectivity index (χ4v) is 14.9. The van der Waals surface area contributed by atoms with Crippen LogP contribution in [0, 0.1) is 0 Å². The summed E-state index contributed by atoms with van der Waals surface area (Å²) in [4.78, 5) is 94.0. The van der Waals surface area contributed by atoms with Crippen molar-refractivity contribution in [2.24, 2.45) is 0 Å². The van der Waals surface area contributed by atoms with Crippen LogP contribution in [0.25, 0.3) is 0 Å². The molecule has 0 heterocycles. The molecule has 0 aliphatic heterocycles. The minimum Gasteiger partial charge on any atom is -0.324 e. The standard InChI is InChI=1S/C42H82O12P4/c1-9-17-25-39(26-18-10-2,55(43,44)45)35-33-37(41(29-21-13-5,30-22-14-6)57(49,50)51)38(42(31-23-15-7,32-24-16-8)58(52,53)54)34-36(35)40(27-19-11-3,28-20-12-4)56(46,47)48/h33-34H,9-32H2,1-8H3,(H2,43,44,45)(H2,46,47,48)(H2,49,50,51)(H2,52,53,54). The SMILES string of the molecule is CCCCC(CCCC)(c1cc(C(CCCC)(CCCC)P(=O)(O)O)c(C(CCCC)(CCCC)P(=O)(O)O)cc1C(CCCC)(CCCC)P(=O)(O)O)P(=O)(O)O. The van der Waals surface area contributed by atoms with Crippen LogP contribution in [0.3, 0.4) is 0 Å². The summed E-state index contributed by atoms with van der Waals surface area (Å²) in [6.45, 7) is 15.0. The van der Waals surface area contributed by atoms with Gasteiger partial charge in [0.15, 0.2) is 0 Å². The summed E-state index contributed by atoms with van der Waals surface area (Å²) in [5.74, 6) is 0. The predicted molar refractivity (Wildman–Crippen MR) is 238 cm³/mol. The lowest BCUT2D eigenvalue weighted by atomic mass is 9.71. The Kier molecular flexibility index (Phi) is 23.1. The summed E-state index contributed by atoms with van der Waals surface area (Å²) in [6, 6.07) is 2.84. The van der Waals surface area contributed by atoms with Crippen molar-refractivity contribution >= 4 is 30.4 Å². The van der Waals surface area contributed by atoms with Gasteiger partial charge in [-0.05, 0) is 73.6 Å². The quantitative estimate of drug-likeness (QED) is 0.0316. The average Bonchev–Trinajstić information content (AvgIpc) is 3.13. The van der Waals surface area contributed by atoms with Crippen LogP contribution in [0.5, 0.6) is 0 Å². The van der Waals surface area contributed by atoms with Crippen LogP contribution in [0.1, 0.15) is 232 Å². The minimum atomic E-state index is -5.27. The zero-order valence-electron chi connectivity index (χ0n) is 37.1. The lowest BCUT2D eigenvalue weighted by Gasteiger charge is -2.47. The van der Waals surface area contributed by atoms with E-state index in [1.807, 2.05) is 55.4 Å². The van der Waals surface area contributed by atoms with Crippen molar-refractivity contribution in [1.82, 2.24) is 0 Å². The molecule has 0 aromatic heterocycles. The van der Waals surface area contributed by atoms with Crippen LogP contribution in [0.4, 0.5) is 0 Å². The van der Waals surface area contributed by atoms with Gasteiger partial charge in [-0.15, -0.1) is 0 Å². The van der Waals surface area contributed by atoms with Crippen molar-refractivity contribution < 1.29 is 57.4 Å². The average molecular weight is 903 g/mol. The molecule has 0 saturated heterocycles. The summed E-state index contributed by atoms with van der Waals surface area (Å²) in [6.07, 6.45) is 6.49. The van der Waals surface area contributed by atoms with Crippen molar-refractivity contribution in [3.8, 4) is 0 Å². The van der Waals surface area contributed by atoms with Gasteiger partial charge in [-0.3, -0.25) is 18.3 Å². The second-order valence-electron chi connectivity index (χ2n) is 17.1. The van der Waals surface area contributed by atoms with Gasteiger partial charge in [-0.25, -0.2) is 0 Å². The number of rotatable bonds is 32. The summed E-state index contributed by atoms with van der Waals surface area (Å²) in [5.41, 5.74) is -0.191. The molecule has 0 saturated carbocycles. The molecule has 58 heavy (non-hydrogen) atoms. The number of hydrogen-bond acceptors (Lipinski definition) is 4. The summed E-state index contributed by atoms with van der Waals surface area (Å²) in [5, 5.41) is -8.08. The number of unbranched alkanes of at least 4 members (excludes halogenated alkanes) is 8. The Morgan fingerprint density at radius 1 is 0.310 bits per heavy atom. The van der Waals surface area contributed by atoms with E-state index in [9.17, 15) is 57.4 Å². The van der Waals surface area contributed by atoms with Crippen molar-refractivity contribution in [3.63, 3.8) is 0 Å². The van der Waals surface area contributed by atoms with Crippen LogP contribution in [0.2, 0.25) is 0 Å². The summed E-state index contributed by atoms with van der Waals surface area (Å²) >= 11 is 0. The van der Waals surface area contributed by atoms with Crippen molar-refractivity contribution in [1.29, 1.82) is 0 Å². The first-order chi connectivity index (χ1) is 26.9. The molecule has 1 aromatic rings. The molecule has 16 heteroatoms. The van der Waals surface area contributed by atoms with Crippen LogP contribution in [-0.2, 0) is 38.9 Å². The van der Waals surface area contributed by atoms with E-state index >= 15 is 0 Å². The van der Waals surface area contributed by atoms with E-state index in [0.29, 0.717) is 103 Å². The van der Waals surface area contributed by atoms with E-state index in [-0.39, 0.29) is 73.6 Å². The maximum absolute atomic E-state index is 14.5. The van der Waals surface area contributed by atoms with Gasteiger partial charge >= 0.3 is 30.4 Å². The molecular formula is C42H82O12P4. The minimum absolute atomic E-state index is 0.0477. The lowest BCUT2D eigenvalue weighted by Crippen LogP contribution is -2.39. The van der Waals surface area contributed by atoms with E-state index in [2.05, 4.69) is 0 Å². The van der Waals surface area contributed by atoms with Crippen molar-refractivity contribution in [2.45, 2.75) is 230 Å². The highest BCUT2D eigenvalue weighted by Gasteiger charge is 2.59. The zero-order valence-corrected chi connectivity index (χ0v) is 40.7. The topological polar surface area (TPSA) is 230 Å². The normalized spacial score (nSPS) is 14.1. The maximum Gasteiger partial charge on any atom is 0.336 e. The molecule has 0 unspecified atom stereocenters. The van der Waals surface area contributed by atoms with E-state index in [4.69, 9.17) is 0 Å².